The number of hydrogen-bond donors (Lipinski definition) is 1. The molecule has 0 aliphatic carbocycles. The highest BCUT2D eigenvalue weighted by Crippen LogP contribution is 2.32. The van der Waals surface area contributed by atoms with Gasteiger partial charge in [-0.3, -0.25) is 4.90 Å². The number of H-pyrrole nitrogens is 1. The number of carbonyl (C=O) groups is 1. The molecule has 1 atom stereocenters. The summed E-state index contributed by atoms with van der Waals surface area (Å²) in [6.45, 7) is 1.17. The highest BCUT2D eigenvalue weighted by molar-refractivity contribution is 5.85. The van der Waals surface area contributed by atoms with Gasteiger partial charge in [0.15, 0.2) is 0 Å². The molecule has 0 saturated carbocycles. The summed E-state index contributed by atoms with van der Waals surface area (Å²) < 4.78 is 5.09. The molecule has 1 unspecified atom stereocenters. The maximum atomic E-state index is 11.5. The Morgan fingerprint density at radius 3 is 3.18 bits per heavy atom. The first-order valence-corrected chi connectivity index (χ1v) is 5.85. The number of benzene rings is 1. The van der Waals surface area contributed by atoms with Crippen molar-refractivity contribution in [2.24, 2.45) is 0 Å². The maximum Gasteiger partial charge on any atom is 0.410 e. The highest BCUT2D eigenvalue weighted by Gasteiger charge is 2.38. The second kappa shape index (κ2) is 3.03. The van der Waals surface area contributed by atoms with Gasteiger partial charge in [0.25, 0.3) is 0 Å². The van der Waals surface area contributed by atoms with Crippen molar-refractivity contribution >= 4 is 17.0 Å². The molecule has 2 aromatic rings. The van der Waals surface area contributed by atoms with Crippen LogP contribution in [0.3, 0.4) is 0 Å². The summed E-state index contributed by atoms with van der Waals surface area (Å²) in [5.74, 6) is 0. The highest BCUT2D eigenvalue weighted by atomic mass is 16.6. The molecule has 1 fully saturated rings. The van der Waals surface area contributed by atoms with E-state index in [0.29, 0.717) is 13.2 Å². The van der Waals surface area contributed by atoms with Crippen LogP contribution in [-0.4, -0.2) is 28.6 Å². The molecule has 17 heavy (non-hydrogen) atoms. The van der Waals surface area contributed by atoms with Crippen LogP contribution < -0.4 is 0 Å². The first-order chi connectivity index (χ1) is 8.33. The zero-order valence-electron chi connectivity index (χ0n) is 9.27. The Labute approximate surface area is 98.2 Å². The smallest absolute Gasteiger partial charge is 0.410 e. The lowest BCUT2D eigenvalue weighted by Crippen LogP contribution is -2.38. The Morgan fingerprint density at radius 1 is 1.35 bits per heavy atom. The fraction of sp³-hybridized carbons (Fsp3) is 0.308. The number of rotatable bonds is 0. The van der Waals surface area contributed by atoms with Gasteiger partial charge >= 0.3 is 6.09 Å². The average molecular weight is 228 g/mol. The molecule has 1 N–H and O–H groups in total. The van der Waals surface area contributed by atoms with Crippen LogP contribution in [0.25, 0.3) is 10.9 Å². The minimum Gasteiger partial charge on any atom is -0.447 e. The Kier molecular flexibility index (Phi) is 1.62. The van der Waals surface area contributed by atoms with Crippen molar-refractivity contribution in [3.63, 3.8) is 0 Å². The van der Waals surface area contributed by atoms with E-state index in [4.69, 9.17) is 4.74 Å². The standard InChI is InChI=1S/C13H12N2O2/c16-13-15-6-12-10(5-8(15)7-17-13)9-3-1-2-4-11(9)14-12/h1-4,8,14H,5-7H2. The molecule has 1 aromatic carbocycles. The summed E-state index contributed by atoms with van der Waals surface area (Å²) in [7, 11) is 0. The average Bonchev–Trinajstić information content (AvgIpc) is 2.88. The zero-order chi connectivity index (χ0) is 11.4. The minimum atomic E-state index is -0.181. The van der Waals surface area contributed by atoms with E-state index in [0.717, 1.165) is 17.6 Å². The fourth-order valence-electron chi connectivity index (χ4n) is 2.88. The Hall–Kier alpha value is -1.97. The predicted octanol–water partition coefficient (Wildman–Crippen LogP) is 2.04. The van der Waals surface area contributed by atoms with Crippen LogP contribution >= 0.6 is 0 Å². The first kappa shape index (κ1) is 9.10. The third kappa shape index (κ3) is 1.15. The Morgan fingerprint density at radius 2 is 2.24 bits per heavy atom. The second-order valence-corrected chi connectivity index (χ2v) is 4.69. The van der Waals surface area contributed by atoms with Crippen molar-refractivity contribution < 1.29 is 9.53 Å². The van der Waals surface area contributed by atoms with Crippen LogP contribution in [0.1, 0.15) is 11.3 Å². The van der Waals surface area contributed by atoms with Crippen LogP contribution in [0.5, 0.6) is 0 Å². The van der Waals surface area contributed by atoms with Gasteiger partial charge in [-0.15, -0.1) is 0 Å². The van der Waals surface area contributed by atoms with Crippen LogP contribution in [0.15, 0.2) is 24.3 Å². The first-order valence-electron chi connectivity index (χ1n) is 5.85. The number of nitrogens with zero attached hydrogens (tertiary/aromatic N) is 1. The van der Waals surface area contributed by atoms with Crippen molar-refractivity contribution in [2.75, 3.05) is 6.61 Å². The lowest BCUT2D eigenvalue weighted by molar-refractivity contribution is 0.155. The number of amides is 1. The quantitative estimate of drug-likeness (QED) is 0.750. The zero-order valence-corrected chi connectivity index (χ0v) is 9.27. The van der Waals surface area contributed by atoms with E-state index >= 15 is 0 Å². The van der Waals surface area contributed by atoms with Gasteiger partial charge in [-0.25, -0.2) is 4.79 Å². The van der Waals surface area contributed by atoms with Crippen LogP contribution in [0.2, 0.25) is 0 Å². The lowest BCUT2D eigenvalue weighted by atomic mass is 9.98. The maximum absolute atomic E-state index is 11.5. The summed E-state index contributed by atoms with van der Waals surface area (Å²) in [5, 5.41) is 1.28. The van der Waals surface area contributed by atoms with Gasteiger partial charge in [0.05, 0.1) is 12.6 Å². The number of nitrogens with one attached hydrogen (secondary N) is 1. The van der Waals surface area contributed by atoms with Crippen molar-refractivity contribution in [2.45, 2.75) is 19.0 Å². The van der Waals surface area contributed by atoms with Gasteiger partial charge in [-0.05, 0) is 18.1 Å². The summed E-state index contributed by atoms with van der Waals surface area (Å²) in [4.78, 5) is 16.7. The Balaban J connectivity index is 1.88. The van der Waals surface area contributed by atoms with Crippen LogP contribution in [0, 0.1) is 0 Å². The van der Waals surface area contributed by atoms with Gasteiger partial charge in [0.1, 0.15) is 6.61 Å². The molecule has 86 valence electrons. The van der Waals surface area contributed by atoms with E-state index in [1.54, 1.807) is 0 Å². The van der Waals surface area contributed by atoms with Crippen LogP contribution in [-0.2, 0) is 17.7 Å². The normalized spacial score (nSPS) is 22.5. The van der Waals surface area contributed by atoms with Gasteiger partial charge < -0.3 is 9.72 Å². The summed E-state index contributed by atoms with van der Waals surface area (Å²) >= 11 is 0. The van der Waals surface area contributed by atoms with E-state index < -0.39 is 0 Å². The van der Waals surface area contributed by atoms with Crippen LogP contribution in [0.4, 0.5) is 4.79 Å². The van der Waals surface area contributed by atoms with Crippen molar-refractivity contribution in [1.29, 1.82) is 0 Å². The number of ether oxygens (including phenoxy) is 1. The molecular formula is C13H12N2O2. The van der Waals surface area contributed by atoms with Crippen molar-refractivity contribution in [1.82, 2.24) is 9.88 Å². The number of para-hydroxylation sites is 1. The molecule has 4 rings (SSSR count). The summed E-state index contributed by atoms with van der Waals surface area (Å²) in [6.07, 6.45) is 0.713. The lowest BCUT2D eigenvalue weighted by Gasteiger charge is -2.26. The van der Waals surface area contributed by atoms with Gasteiger partial charge in [0.2, 0.25) is 0 Å². The molecule has 2 aliphatic heterocycles. The van der Waals surface area contributed by atoms with Gasteiger partial charge in [-0.1, -0.05) is 18.2 Å². The molecule has 0 spiro atoms. The molecule has 1 aromatic heterocycles. The number of fused-ring (bicyclic) bond motifs is 4. The monoisotopic (exact) mass is 228 g/mol. The number of aromatic nitrogens is 1. The molecular weight excluding hydrogens is 216 g/mol. The molecule has 0 bridgehead atoms. The molecule has 4 nitrogen and oxygen atoms in total. The van der Waals surface area contributed by atoms with E-state index in [1.807, 2.05) is 11.0 Å². The van der Waals surface area contributed by atoms with Gasteiger partial charge in [-0.2, -0.15) is 0 Å². The second-order valence-electron chi connectivity index (χ2n) is 4.69. The molecule has 2 aliphatic rings. The number of carbonyl (C=O) groups excluding carboxylic acids is 1. The Bertz CT molecular complexity index is 617. The number of hydrogen-bond acceptors (Lipinski definition) is 2. The van der Waals surface area contributed by atoms with Gasteiger partial charge in [0, 0.05) is 16.6 Å². The van der Waals surface area contributed by atoms with Crippen molar-refractivity contribution in [3.8, 4) is 0 Å². The summed E-state index contributed by atoms with van der Waals surface area (Å²) in [6, 6.07) is 8.52. The molecule has 0 radical (unpaired) electrons. The van der Waals surface area contributed by atoms with E-state index in [9.17, 15) is 4.79 Å². The number of cyclic esters (lactones) is 1. The largest absolute Gasteiger partial charge is 0.447 e. The van der Waals surface area contributed by atoms with E-state index in [2.05, 4.69) is 23.2 Å². The van der Waals surface area contributed by atoms with E-state index in [-0.39, 0.29) is 12.1 Å². The summed E-state index contributed by atoms with van der Waals surface area (Å²) in [5.41, 5.74) is 3.66. The predicted molar refractivity (Wildman–Crippen MR) is 62.7 cm³/mol. The minimum absolute atomic E-state index is 0.181. The molecule has 3 heterocycles. The molecule has 1 amide bonds. The topological polar surface area (TPSA) is 45.3 Å². The molecule has 4 heteroatoms. The van der Waals surface area contributed by atoms with E-state index in [1.165, 1.54) is 10.9 Å². The third-order valence-corrected chi connectivity index (χ3v) is 3.74. The SMILES string of the molecule is O=C1OCC2Cc3c([nH]c4ccccc34)CN12. The third-order valence-electron chi connectivity index (χ3n) is 3.74. The molecule has 1 saturated heterocycles. The number of aromatic amines is 1. The van der Waals surface area contributed by atoms with Crippen molar-refractivity contribution in [3.05, 3.63) is 35.5 Å². The fourth-order valence-corrected chi connectivity index (χ4v) is 2.88.